The number of piperidine rings is 1. The van der Waals surface area contributed by atoms with Gasteiger partial charge in [-0.15, -0.1) is 0 Å². The van der Waals surface area contributed by atoms with Crippen LogP contribution in [0.1, 0.15) is 25.3 Å². The Morgan fingerprint density at radius 1 is 1.18 bits per heavy atom. The summed E-state index contributed by atoms with van der Waals surface area (Å²) in [6.07, 6.45) is 4.32. The molecule has 11 nitrogen and oxygen atoms in total. The first-order chi connectivity index (χ1) is 15.9. The number of alkyl carbamates (subject to hydrolysis) is 1. The van der Waals surface area contributed by atoms with Crippen LogP contribution in [-0.4, -0.2) is 60.4 Å². The van der Waals surface area contributed by atoms with E-state index < -0.39 is 12.1 Å². The largest absolute Gasteiger partial charge is 0.464 e. The van der Waals surface area contributed by atoms with Gasteiger partial charge in [-0.3, -0.25) is 10.7 Å². The molecule has 0 unspecified atom stereocenters. The van der Waals surface area contributed by atoms with E-state index in [0.717, 1.165) is 42.6 Å². The molecule has 176 valence electrons. The van der Waals surface area contributed by atoms with Crippen LogP contribution in [0.2, 0.25) is 0 Å². The van der Waals surface area contributed by atoms with Crippen molar-refractivity contribution in [2.24, 2.45) is 5.73 Å². The second-order valence-electron chi connectivity index (χ2n) is 7.39. The Labute approximate surface area is 191 Å². The van der Waals surface area contributed by atoms with Crippen LogP contribution in [0.4, 0.5) is 10.7 Å². The molecule has 1 saturated heterocycles. The van der Waals surface area contributed by atoms with E-state index in [0.29, 0.717) is 12.6 Å². The molecule has 3 rings (SSSR count). The number of nitrogens with two attached hydrogens (primary N) is 1. The number of anilines is 1. The highest BCUT2D eigenvalue weighted by molar-refractivity contribution is 5.90. The van der Waals surface area contributed by atoms with Gasteiger partial charge < -0.3 is 24.8 Å². The number of hydrogen-bond acceptors (Lipinski definition) is 9. The van der Waals surface area contributed by atoms with Gasteiger partial charge in [0.1, 0.15) is 13.2 Å². The number of carbonyl (C=O) groups excluding carboxylic acids is 2. The fraction of sp³-hybridized carbons (Fsp3) is 0.409. The Balaban J connectivity index is 1.52. The summed E-state index contributed by atoms with van der Waals surface area (Å²) in [5.74, 6) is -0.170. The van der Waals surface area contributed by atoms with Crippen LogP contribution in [0.5, 0.6) is 0 Å². The summed E-state index contributed by atoms with van der Waals surface area (Å²) >= 11 is 0. The maximum atomic E-state index is 11.5. The molecular weight excluding hydrogens is 428 g/mol. The zero-order valence-electron chi connectivity index (χ0n) is 18.5. The SMILES string of the molecule is CCOC(=O)COC1CCN(c2ncc(-c3cccc(COC(=O)NC(=N)N)c3)cn2)CC1. The van der Waals surface area contributed by atoms with Gasteiger partial charge in [-0.25, -0.2) is 19.6 Å². The number of esters is 1. The number of aromatic nitrogens is 2. The molecule has 1 aliphatic rings. The zero-order valence-corrected chi connectivity index (χ0v) is 18.5. The number of guanidine groups is 1. The van der Waals surface area contributed by atoms with Crippen molar-refractivity contribution in [3.8, 4) is 11.1 Å². The monoisotopic (exact) mass is 456 g/mol. The van der Waals surface area contributed by atoms with Crippen LogP contribution in [0.15, 0.2) is 36.7 Å². The lowest BCUT2D eigenvalue weighted by atomic mass is 10.1. The number of hydrogen-bond donors (Lipinski definition) is 3. The number of carbonyl (C=O) groups is 2. The highest BCUT2D eigenvalue weighted by Gasteiger charge is 2.22. The summed E-state index contributed by atoms with van der Waals surface area (Å²) in [6, 6.07) is 7.48. The predicted octanol–water partition coefficient (Wildman–Crippen LogP) is 1.81. The molecule has 1 aromatic heterocycles. The van der Waals surface area contributed by atoms with Gasteiger partial charge in [0, 0.05) is 31.0 Å². The van der Waals surface area contributed by atoms with Crippen LogP contribution in [0.25, 0.3) is 11.1 Å². The minimum absolute atomic E-state index is 0.0186. The van der Waals surface area contributed by atoms with E-state index in [1.165, 1.54) is 0 Å². The average molecular weight is 457 g/mol. The Kier molecular flexibility index (Phi) is 8.53. The van der Waals surface area contributed by atoms with Gasteiger partial charge in [-0.2, -0.15) is 0 Å². The van der Waals surface area contributed by atoms with Crippen LogP contribution < -0.4 is 16.0 Å². The molecular formula is C22H28N6O5. The van der Waals surface area contributed by atoms with E-state index in [9.17, 15) is 9.59 Å². The topological polar surface area (TPSA) is 153 Å². The number of nitrogens with zero attached hydrogens (tertiary/aromatic N) is 3. The summed E-state index contributed by atoms with van der Waals surface area (Å²) in [4.78, 5) is 34.0. The third kappa shape index (κ3) is 7.42. The van der Waals surface area contributed by atoms with Crippen molar-refractivity contribution < 1.29 is 23.8 Å². The molecule has 0 saturated carbocycles. The molecule has 2 aromatic rings. The van der Waals surface area contributed by atoms with Gasteiger partial charge in [0.05, 0.1) is 12.7 Å². The van der Waals surface area contributed by atoms with Crippen molar-refractivity contribution in [1.82, 2.24) is 15.3 Å². The standard InChI is InChI=1S/C22H28N6O5/c1-2-31-19(29)14-32-18-6-8-28(9-7-18)21-25-11-17(12-26-21)16-5-3-4-15(10-16)13-33-22(30)27-20(23)24/h3-5,10-12,18H,2,6-9,13-14H2,1H3,(H4,23,24,27,30). The number of nitrogens with one attached hydrogen (secondary N) is 2. The maximum Gasteiger partial charge on any atom is 0.414 e. The Morgan fingerprint density at radius 2 is 1.91 bits per heavy atom. The lowest BCUT2D eigenvalue weighted by molar-refractivity contribution is -0.150. The predicted molar refractivity (Wildman–Crippen MR) is 121 cm³/mol. The second-order valence-corrected chi connectivity index (χ2v) is 7.39. The summed E-state index contributed by atoms with van der Waals surface area (Å²) in [7, 11) is 0. The molecule has 1 amide bonds. The molecule has 0 bridgehead atoms. The van der Waals surface area contributed by atoms with E-state index in [2.05, 4.69) is 20.2 Å². The number of rotatable bonds is 8. The van der Waals surface area contributed by atoms with E-state index in [4.69, 9.17) is 25.4 Å². The molecule has 11 heteroatoms. The molecule has 0 aliphatic carbocycles. The van der Waals surface area contributed by atoms with Crippen LogP contribution in [-0.2, 0) is 25.6 Å². The molecule has 1 aromatic carbocycles. The second kappa shape index (κ2) is 11.8. The van der Waals surface area contributed by atoms with E-state index in [1.54, 1.807) is 19.3 Å². The van der Waals surface area contributed by atoms with Crippen molar-refractivity contribution in [2.45, 2.75) is 32.5 Å². The first-order valence-electron chi connectivity index (χ1n) is 10.7. The van der Waals surface area contributed by atoms with Gasteiger partial charge in [0.2, 0.25) is 5.95 Å². The first kappa shape index (κ1) is 23.9. The van der Waals surface area contributed by atoms with Crippen LogP contribution >= 0.6 is 0 Å². The third-order valence-corrected chi connectivity index (χ3v) is 4.97. The fourth-order valence-electron chi connectivity index (χ4n) is 3.38. The average Bonchev–Trinajstić information content (AvgIpc) is 2.82. The minimum atomic E-state index is -0.782. The molecule has 1 aliphatic heterocycles. The van der Waals surface area contributed by atoms with Gasteiger partial charge >= 0.3 is 12.1 Å². The van der Waals surface area contributed by atoms with Crippen molar-refractivity contribution in [3.63, 3.8) is 0 Å². The number of ether oxygens (including phenoxy) is 3. The molecule has 0 radical (unpaired) electrons. The molecule has 33 heavy (non-hydrogen) atoms. The molecule has 2 heterocycles. The first-order valence-corrected chi connectivity index (χ1v) is 10.7. The molecule has 0 atom stereocenters. The normalized spacial score (nSPS) is 13.9. The molecule has 1 fully saturated rings. The molecule has 4 N–H and O–H groups in total. The Bertz CT molecular complexity index is 960. The minimum Gasteiger partial charge on any atom is -0.464 e. The van der Waals surface area contributed by atoms with Gasteiger partial charge in [0.25, 0.3) is 0 Å². The van der Waals surface area contributed by atoms with Crippen molar-refractivity contribution >= 4 is 24.0 Å². The van der Waals surface area contributed by atoms with E-state index in [-0.39, 0.29) is 25.3 Å². The summed E-state index contributed by atoms with van der Waals surface area (Å²) in [6.45, 7) is 3.62. The highest BCUT2D eigenvalue weighted by atomic mass is 16.6. The van der Waals surface area contributed by atoms with Crippen molar-refractivity contribution in [2.75, 3.05) is 31.2 Å². The third-order valence-electron chi connectivity index (χ3n) is 4.97. The Morgan fingerprint density at radius 3 is 2.58 bits per heavy atom. The van der Waals surface area contributed by atoms with Gasteiger partial charge in [-0.05, 0) is 37.0 Å². The van der Waals surface area contributed by atoms with Crippen LogP contribution in [0.3, 0.4) is 0 Å². The summed E-state index contributed by atoms with van der Waals surface area (Å²) < 4.78 is 15.5. The quantitative estimate of drug-likeness (QED) is 0.307. The van der Waals surface area contributed by atoms with Crippen molar-refractivity contribution in [1.29, 1.82) is 5.41 Å². The molecule has 0 spiro atoms. The lowest BCUT2D eigenvalue weighted by Crippen LogP contribution is -2.38. The van der Waals surface area contributed by atoms with Gasteiger partial charge in [0.15, 0.2) is 5.96 Å². The van der Waals surface area contributed by atoms with Gasteiger partial charge in [-0.1, -0.05) is 18.2 Å². The number of benzene rings is 1. The van der Waals surface area contributed by atoms with Crippen molar-refractivity contribution in [3.05, 3.63) is 42.2 Å². The maximum absolute atomic E-state index is 11.5. The van der Waals surface area contributed by atoms with Crippen LogP contribution in [0, 0.1) is 5.41 Å². The number of amides is 1. The van der Waals surface area contributed by atoms with E-state index in [1.807, 2.05) is 24.3 Å². The highest BCUT2D eigenvalue weighted by Crippen LogP contribution is 2.23. The lowest BCUT2D eigenvalue weighted by Gasteiger charge is -2.31. The van der Waals surface area contributed by atoms with E-state index >= 15 is 0 Å². The smallest absolute Gasteiger partial charge is 0.414 e. The Hall–Kier alpha value is -3.73. The summed E-state index contributed by atoms with van der Waals surface area (Å²) in [5.41, 5.74) is 7.60. The fourth-order valence-corrected chi connectivity index (χ4v) is 3.38. The zero-order chi connectivity index (χ0) is 23.6. The summed E-state index contributed by atoms with van der Waals surface area (Å²) in [5, 5.41) is 9.09.